The quantitative estimate of drug-likeness (QED) is 0.307. The molecule has 3 rings (SSSR count). The van der Waals surface area contributed by atoms with Gasteiger partial charge in [0.1, 0.15) is 4.88 Å². The molecule has 1 aromatic heterocycles. The first-order valence-corrected chi connectivity index (χ1v) is 9.32. The second-order valence-electron chi connectivity index (χ2n) is 5.22. The second kappa shape index (κ2) is 8.05. The van der Waals surface area contributed by atoms with Crippen LogP contribution in [0.15, 0.2) is 42.5 Å². The number of rotatable bonds is 4. The van der Waals surface area contributed by atoms with Gasteiger partial charge in [0.25, 0.3) is 11.6 Å². The molecule has 0 spiro atoms. The van der Waals surface area contributed by atoms with E-state index in [0.717, 1.165) is 10.1 Å². The zero-order valence-corrected chi connectivity index (χ0v) is 16.4. The Morgan fingerprint density at radius 3 is 2.52 bits per heavy atom. The topological polar surface area (TPSA) is 96.3 Å². The molecule has 1 heterocycles. The first-order chi connectivity index (χ1) is 12.8. The van der Waals surface area contributed by atoms with E-state index in [1.807, 2.05) is 0 Å². The standard InChI is InChI=1S/C16H10Cl2N4O3S2/c17-8-1-6-11-12(7-8)27-14(13(11)18)15(23)19-16(26)21-20-9-2-4-10(5-3-9)22(24)25/h1-7,20H,(H2,19,21,23,26). The summed E-state index contributed by atoms with van der Waals surface area (Å²) in [6, 6.07) is 10.9. The number of nitro groups is 1. The Labute approximate surface area is 172 Å². The lowest BCUT2D eigenvalue weighted by Gasteiger charge is -2.11. The number of amides is 1. The van der Waals surface area contributed by atoms with Crippen LogP contribution in [0.1, 0.15) is 9.67 Å². The average molecular weight is 441 g/mol. The van der Waals surface area contributed by atoms with Crippen LogP contribution in [-0.4, -0.2) is 15.9 Å². The third-order valence-corrected chi connectivity index (χ3v) is 5.52. The van der Waals surface area contributed by atoms with Gasteiger partial charge >= 0.3 is 0 Å². The molecule has 11 heteroatoms. The minimum absolute atomic E-state index is 0.0184. The van der Waals surface area contributed by atoms with E-state index in [-0.39, 0.29) is 10.8 Å². The number of thiophene rings is 1. The number of benzene rings is 2. The lowest BCUT2D eigenvalue weighted by molar-refractivity contribution is -0.384. The monoisotopic (exact) mass is 440 g/mol. The number of carbonyl (C=O) groups excluding carboxylic acids is 1. The highest BCUT2D eigenvalue weighted by molar-refractivity contribution is 7.80. The number of nitrogens with zero attached hydrogens (tertiary/aromatic N) is 1. The molecular formula is C16H10Cl2N4O3S2. The average Bonchev–Trinajstić information content (AvgIpc) is 2.96. The Hall–Kier alpha value is -2.46. The van der Waals surface area contributed by atoms with Gasteiger partial charge < -0.3 is 0 Å². The first-order valence-electron chi connectivity index (χ1n) is 7.34. The number of anilines is 1. The van der Waals surface area contributed by atoms with Crippen LogP contribution in [0.25, 0.3) is 10.1 Å². The highest BCUT2D eigenvalue weighted by atomic mass is 35.5. The lowest BCUT2D eigenvalue weighted by atomic mass is 10.2. The van der Waals surface area contributed by atoms with Crippen molar-refractivity contribution in [3.8, 4) is 0 Å². The summed E-state index contributed by atoms with van der Waals surface area (Å²) in [4.78, 5) is 22.9. The summed E-state index contributed by atoms with van der Waals surface area (Å²) in [5.41, 5.74) is 5.87. The van der Waals surface area contributed by atoms with Crippen LogP contribution < -0.4 is 16.2 Å². The summed E-state index contributed by atoms with van der Waals surface area (Å²) in [5, 5.41) is 14.8. The Bertz CT molecular complexity index is 1050. The number of nitro benzene ring substituents is 1. The van der Waals surface area contributed by atoms with Crippen LogP contribution in [0, 0.1) is 10.1 Å². The summed E-state index contributed by atoms with van der Waals surface area (Å²) in [6.45, 7) is 0. The smallest absolute Gasteiger partial charge is 0.269 e. The first kappa shape index (κ1) is 19.3. The molecule has 0 fully saturated rings. The summed E-state index contributed by atoms with van der Waals surface area (Å²) >= 11 is 18.5. The summed E-state index contributed by atoms with van der Waals surface area (Å²) in [6.07, 6.45) is 0. The van der Waals surface area contributed by atoms with Gasteiger partial charge in [-0.15, -0.1) is 11.3 Å². The lowest BCUT2D eigenvalue weighted by Crippen LogP contribution is -2.41. The number of hydrogen-bond donors (Lipinski definition) is 3. The van der Waals surface area contributed by atoms with E-state index in [2.05, 4.69) is 16.2 Å². The van der Waals surface area contributed by atoms with Gasteiger partial charge in [0.2, 0.25) is 0 Å². The van der Waals surface area contributed by atoms with E-state index in [1.165, 1.54) is 35.6 Å². The number of carbonyl (C=O) groups is 1. The van der Waals surface area contributed by atoms with Crippen LogP contribution in [0.2, 0.25) is 10.0 Å². The van der Waals surface area contributed by atoms with Crippen molar-refractivity contribution in [3.05, 3.63) is 67.5 Å². The highest BCUT2D eigenvalue weighted by Gasteiger charge is 2.18. The normalized spacial score (nSPS) is 10.4. The molecule has 0 aliphatic rings. The zero-order chi connectivity index (χ0) is 19.6. The van der Waals surface area contributed by atoms with Gasteiger partial charge in [-0.2, -0.15) is 0 Å². The molecule has 3 N–H and O–H groups in total. The van der Waals surface area contributed by atoms with Crippen molar-refractivity contribution in [1.29, 1.82) is 0 Å². The van der Waals surface area contributed by atoms with E-state index < -0.39 is 10.8 Å². The number of hydrogen-bond acceptors (Lipinski definition) is 6. The number of thiocarbonyl (C=S) groups is 1. The van der Waals surface area contributed by atoms with Crippen molar-refractivity contribution >= 4 is 79.2 Å². The molecule has 0 aliphatic carbocycles. The number of non-ortho nitro benzene ring substituents is 1. The Balaban J connectivity index is 1.63. The molecule has 138 valence electrons. The number of hydrazine groups is 1. The van der Waals surface area contributed by atoms with Gasteiger partial charge in [-0.05, 0) is 36.5 Å². The molecule has 27 heavy (non-hydrogen) atoms. The van der Waals surface area contributed by atoms with Crippen LogP contribution in [0.4, 0.5) is 11.4 Å². The van der Waals surface area contributed by atoms with Crippen molar-refractivity contribution in [1.82, 2.24) is 10.7 Å². The van der Waals surface area contributed by atoms with Gasteiger partial charge in [-0.1, -0.05) is 29.3 Å². The fourth-order valence-electron chi connectivity index (χ4n) is 2.17. The van der Waals surface area contributed by atoms with E-state index in [4.69, 9.17) is 35.4 Å². The largest absolute Gasteiger partial charge is 0.299 e. The number of fused-ring (bicyclic) bond motifs is 1. The minimum atomic E-state index is -0.496. The Morgan fingerprint density at radius 1 is 1.15 bits per heavy atom. The summed E-state index contributed by atoms with van der Waals surface area (Å²) < 4.78 is 0.792. The maximum Gasteiger partial charge on any atom is 0.269 e. The number of halogens is 2. The van der Waals surface area contributed by atoms with E-state index in [0.29, 0.717) is 20.6 Å². The molecule has 0 aliphatic heterocycles. The van der Waals surface area contributed by atoms with E-state index in [1.54, 1.807) is 18.2 Å². The molecule has 0 bridgehead atoms. The van der Waals surface area contributed by atoms with E-state index in [9.17, 15) is 14.9 Å². The predicted octanol–water partition coefficient (Wildman–Crippen LogP) is 4.75. The molecular weight excluding hydrogens is 431 g/mol. The Morgan fingerprint density at radius 2 is 1.85 bits per heavy atom. The third kappa shape index (κ3) is 4.45. The van der Waals surface area contributed by atoms with E-state index >= 15 is 0 Å². The molecule has 2 aromatic carbocycles. The highest BCUT2D eigenvalue weighted by Crippen LogP contribution is 2.36. The van der Waals surface area contributed by atoms with Crippen molar-refractivity contribution in [2.24, 2.45) is 0 Å². The molecule has 0 radical (unpaired) electrons. The fraction of sp³-hybridized carbons (Fsp3) is 0. The van der Waals surface area contributed by atoms with Crippen molar-refractivity contribution in [3.63, 3.8) is 0 Å². The van der Waals surface area contributed by atoms with Crippen LogP contribution in [-0.2, 0) is 0 Å². The molecule has 0 saturated carbocycles. The van der Waals surface area contributed by atoms with Gasteiger partial charge in [0.05, 0.1) is 15.6 Å². The molecule has 1 amide bonds. The molecule has 7 nitrogen and oxygen atoms in total. The van der Waals surface area contributed by atoms with Crippen molar-refractivity contribution in [2.75, 3.05) is 5.43 Å². The zero-order valence-electron chi connectivity index (χ0n) is 13.3. The molecule has 0 saturated heterocycles. The minimum Gasteiger partial charge on any atom is -0.299 e. The maximum absolute atomic E-state index is 12.4. The van der Waals surface area contributed by atoms with Crippen LogP contribution >= 0.6 is 46.8 Å². The van der Waals surface area contributed by atoms with Gasteiger partial charge in [-0.25, -0.2) is 0 Å². The van der Waals surface area contributed by atoms with Crippen LogP contribution in [0.3, 0.4) is 0 Å². The number of nitrogens with one attached hydrogen (secondary N) is 3. The summed E-state index contributed by atoms with van der Waals surface area (Å²) in [7, 11) is 0. The summed E-state index contributed by atoms with van der Waals surface area (Å²) in [5.74, 6) is -0.458. The van der Waals surface area contributed by atoms with Crippen molar-refractivity contribution < 1.29 is 9.72 Å². The molecule has 0 atom stereocenters. The molecule has 0 unspecified atom stereocenters. The SMILES string of the molecule is O=C(NC(=S)NNc1ccc([N+](=O)[O-])cc1)c1sc2cc(Cl)ccc2c1Cl. The second-order valence-corrected chi connectivity index (χ2v) is 7.50. The predicted molar refractivity (Wildman–Crippen MR) is 112 cm³/mol. The van der Waals surface area contributed by atoms with Crippen LogP contribution in [0.5, 0.6) is 0 Å². The van der Waals surface area contributed by atoms with Gasteiger partial charge in [-0.3, -0.25) is 31.1 Å². The van der Waals surface area contributed by atoms with Gasteiger partial charge in [0, 0.05) is 27.2 Å². The fourth-order valence-corrected chi connectivity index (χ4v) is 4.00. The Kier molecular flexibility index (Phi) is 5.76. The third-order valence-electron chi connectivity index (χ3n) is 3.42. The van der Waals surface area contributed by atoms with Crippen molar-refractivity contribution in [2.45, 2.75) is 0 Å². The van der Waals surface area contributed by atoms with Gasteiger partial charge in [0.15, 0.2) is 5.11 Å². The molecule has 3 aromatic rings. The maximum atomic E-state index is 12.4.